The summed E-state index contributed by atoms with van der Waals surface area (Å²) in [4.78, 5) is 10.9. The average Bonchev–Trinajstić information content (AvgIpc) is 2.69. The zero-order valence-electron chi connectivity index (χ0n) is 10.7. The van der Waals surface area contributed by atoms with E-state index < -0.39 is 16.0 Å². The summed E-state index contributed by atoms with van der Waals surface area (Å²) in [6, 6.07) is 7.13. The highest BCUT2D eigenvalue weighted by molar-refractivity contribution is 7.92. The van der Waals surface area contributed by atoms with E-state index in [2.05, 4.69) is 0 Å². The number of aliphatic carboxylic acids is 1. The number of carbonyl (C=O) groups is 1. The molecule has 1 N–H and O–H groups in total. The average molecular weight is 283 g/mol. The third-order valence-corrected chi connectivity index (χ3v) is 5.19. The van der Waals surface area contributed by atoms with Crippen molar-refractivity contribution in [2.75, 3.05) is 16.6 Å². The second kappa shape index (κ2) is 5.21. The van der Waals surface area contributed by atoms with Crippen LogP contribution in [0.2, 0.25) is 0 Å². The first-order valence-electron chi connectivity index (χ1n) is 6.27. The van der Waals surface area contributed by atoms with E-state index in [4.69, 9.17) is 5.11 Å². The topological polar surface area (TPSA) is 74.7 Å². The van der Waals surface area contributed by atoms with Crippen LogP contribution in [-0.4, -0.2) is 31.8 Å². The summed E-state index contributed by atoms with van der Waals surface area (Å²) in [5.41, 5.74) is 1.44. The van der Waals surface area contributed by atoms with Gasteiger partial charge in [0.05, 0.1) is 17.9 Å². The van der Waals surface area contributed by atoms with Gasteiger partial charge in [-0.05, 0) is 18.1 Å². The summed E-state index contributed by atoms with van der Waals surface area (Å²) in [6.07, 6.45) is 0.500. The molecule has 0 fully saturated rings. The second-order valence-corrected chi connectivity index (χ2v) is 6.71. The molecule has 104 valence electrons. The van der Waals surface area contributed by atoms with E-state index >= 15 is 0 Å². The van der Waals surface area contributed by atoms with E-state index in [1.807, 2.05) is 19.1 Å². The van der Waals surface area contributed by atoms with Gasteiger partial charge in [-0.2, -0.15) is 0 Å². The fourth-order valence-corrected chi connectivity index (χ4v) is 4.08. The molecular formula is C13H17NO4S. The molecule has 0 spiro atoms. The molecule has 1 unspecified atom stereocenters. The molecule has 1 atom stereocenters. The number of sulfonamides is 1. The predicted octanol–water partition coefficient (Wildman–Crippen LogP) is 1.80. The summed E-state index contributed by atoms with van der Waals surface area (Å²) < 4.78 is 25.8. The van der Waals surface area contributed by atoms with Crippen molar-refractivity contribution in [2.45, 2.75) is 25.7 Å². The monoisotopic (exact) mass is 283 g/mol. The zero-order chi connectivity index (χ0) is 14.0. The Morgan fingerprint density at radius 3 is 2.74 bits per heavy atom. The van der Waals surface area contributed by atoms with Gasteiger partial charge in [-0.15, -0.1) is 0 Å². The van der Waals surface area contributed by atoms with Crippen molar-refractivity contribution in [2.24, 2.45) is 0 Å². The van der Waals surface area contributed by atoms with Crippen LogP contribution in [0.15, 0.2) is 24.3 Å². The van der Waals surface area contributed by atoms with Crippen molar-refractivity contribution in [3.8, 4) is 0 Å². The number of hydrogen-bond acceptors (Lipinski definition) is 3. The molecule has 0 saturated heterocycles. The molecule has 0 amide bonds. The quantitative estimate of drug-likeness (QED) is 0.894. The first kappa shape index (κ1) is 13.9. The van der Waals surface area contributed by atoms with Gasteiger partial charge < -0.3 is 5.11 Å². The van der Waals surface area contributed by atoms with Crippen LogP contribution in [0.4, 0.5) is 5.69 Å². The van der Waals surface area contributed by atoms with E-state index in [0.29, 0.717) is 12.1 Å². The highest BCUT2D eigenvalue weighted by Crippen LogP contribution is 2.39. The minimum atomic E-state index is -3.35. The largest absolute Gasteiger partial charge is 0.481 e. The molecule has 19 heavy (non-hydrogen) atoms. The predicted molar refractivity (Wildman–Crippen MR) is 72.9 cm³/mol. The molecule has 1 aliphatic heterocycles. The molecule has 1 aromatic rings. The highest BCUT2D eigenvalue weighted by Gasteiger charge is 2.35. The van der Waals surface area contributed by atoms with Crippen molar-refractivity contribution in [1.29, 1.82) is 0 Å². The number of rotatable bonds is 5. The fourth-order valence-electron chi connectivity index (χ4n) is 2.47. The van der Waals surface area contributed by atoms with Crippen LogP contribution >= 0.6 is 0 Å². The maximum absolute atomic E-state index is 12.2. The van der Waals surface area contributed by atoms with Crippen LogP contribution in [0, 0.1) is 0 Å². The summed E-state index contributed by atoms with van der Waals surface area (Å²) in [6.45, 7) is 2.04. The van der Waals surface area contributed by atoms with Crippen LogP contribution in [0.25, 0.3) is 0 Å². The number of carboxylic acids is 1. The third-order valence-electron chi connectivity index (χ3n) is 3.25. The van der Waals surface area contributed by atoms with Gasteiger partial charge in [0.15, 0.2) is 0 Å². The number of benzene rings is 1. The van der Waals surface area contributed by atoms with Crippen molar-refractivity contribution in [1.82, 2.24) is 0 Å². The smallest absolute Gasteiger partial charge is 0.304 e. The summed E-state index contributed by atoms with van der Waals surface area (Å²) >= 11 is 0. The van der Waals surface area contributed by atoms with Gasteiger partial charge in [-0.3, -0.25) is 9.10 Å². The molecule has 1 aromatic carbocycles. The number of para-hydroxylation sites is 1. The van der Waals surface area contributed by atoms with Gasteiger partial charge in [0.2, 0.25) is 10.0 Å². The number of anilines is 1. The molecule has 0 bridgehead atoms. The lowest BCUT2D eigenvalue weighted by Gasteiger charge is -2.19. The number of fused-ring (bicyclic) bond motifs is 1. The molecule has 0 radical (unpaired) electrons. The van der Waals surface area contributed by atoms with E-state index in [1.165, 1.54) is 4.31 Å². The normalized spacial score (nSPS) is 18.4. The molecule has 5 nitrogen and oxygen atoms in total. The van der Waals surface area contributed by atoms with Crippen LogP contribution in [-0.2, 0) is 14.8 Å². The van der Waals surface area contributed by atoms with Crippen molar-refractivity contribution in [3.05, 3.63) is 29.8 Å². The lowest BCUT2D eigenvalue weighted by Crippen LogP contribution is -2.32. The summed E-state index contributed by atoms with van der Waals surface area (Å²) in [5, 5.41) is 8.92. The van der Waals surface area contributed by atoms with E-state index in [-0.39, 0.29) is 24.6 Å². The molecule has 0 saturated carbocycles. The molecular weight excluding hydrogens is 266 g/mol. The minimum Gasteiger partial charge on any atom is -0.481 e. The lowest BCUT2D eigenvalue weighted by molar-refractivity contribution is -0.137. The van der Waals surface area contributed by atoms with Gasteiger partial charge in [0, 0.05) is 12.5 Å². The Bertz CT molecular complexity index is 582. The Labute approximate surface area is 112 Å². The van der Waals surface area contributed by atoms with E-state index in [9.17, 15) is 13.2 Å². The summed E-state index contributed by atoms with van der Waals surface area (Å²) in [5.74, 6) is -1.09. The van der Waals surface area contributed by atoms with Crippen LogP contribution < -0.4 is 4.31 Å². The van der Waals surface area contributed by atoms with Crippen molar-refractivity contribution >= 4 is 21.7 Å². The van der Waals surface area contributed by atoms with Crippen molar-refractivity contribution < 1.29 is 18.3 Å². The fraction of sp³-hybridized carbons (Fsp3) is 0.462. The van der Waals surface area contributed by atoms with Crippen molar-refractivity contribution in [3.63, 3.8) is 0 Å². The standard InChI is InChI=1S/C13H17NO4S/c1-2-7-19(17,18)14-9-10(8-13(15)16)11-5-3-4-6-12(11)14/h3-6,10H,2,7-9H2,1H3,(H,15,16). The zero-order valence-corrected chi connectivity index (χ0v) is 11.6. The SMILES string of the molecule is CCCS(=O)(=O)N1CC(CC(=O)O)c2ccccc21. The third kappa shape index (κ3) is 2.73. The molecule has 0 aliphatic carbocycles. The van der Waals surface area contributed by atoms with E-state index in [0.717, 1.165) is 5.56 Å². The van der Waals surface area contributed by atoms with E-state index in [1.54, 1.807) is 12.1 Å². The number of hydrogen-bond donors (Lipinski definition) is 1. The Morgan fingerprint density at radius 1 is 1.42 bits per heavy atom. The molecule has 1 aliphatic rings. The van der Waals surface area contributed by atoms with Crippen LogP contribution in [0.3, 0.4) is 0 Å². The molecule has 6 heteroatoms. The second-order valence-electron chi connectivity index (χ2n) is 4.70. The van der Waals surface area contributed by atoms with Crippen LogP contribution in [0.5, 0.6) is 0 Å². The Morgan fingerprint density at radius 2 is 2.11 bits per heavy atom. The molecule has 2 rings (SSSR count). The Kier molecular flexibility index (Phi) is 3.80. The number of nitrogens with zero attached hydrogens (tertiary/aromatic N) is 1. The maximum Gasteiger partial charge on any atom is 0.304 e. The van der Waals surface area contributed by atoms with Gasteiger partial charge in [0.25, 0.3) is 0 Å². The van der Waals surface area contributed by atoms with Crippen LogP contribution in [0.1, 0.15) is 31.2 Å². The molecule has 0 aromatic heterocycles. The Balaban J connectivity index is 2.38. The van der Waals surface area contributed by atoms with Gasteiger partial charge >= 0.3 is 5.97 Å². The van der Waals surface area contributed by atoms with Gasteiger partial charge in [-0.25, -0.2) is 8.42 Å². The van der Waals surface area contributed by atoms with Gasteiger partial charge in [-0.1, -0.05) is 25.1 Å². The first-order valence-corrected chi connectivity index (χ1v) is 7.87. The lowest BCUT2D eigenvalue weighted by atomic mass is 9.98. The first-order chi connectivity index (χ1) is 8.95. The number of carboxylic acid groups (broad SMARTS) is 1. The summed E-state index contributed by atoms with van der Waals surface area (Å²) in [7, 11) is -3.35. The Hall–Kier alpha value is -1.56. The highest BCUT2D eigenvalue weighted by atomic mass is 32.2. The minimum absolute atomic E-state index is 0.0465. The maximum atomic E-state index is 12.2. The van der Waals surface area contributed by atoms with Gasteiger partial charge in [0.1, 0.15) is 0 Å². The molecule has 1 heterocycles.